The predicted molar refractivity (Wildman–Crippen MR) is 87.5 cm³/mol. The van der Waals surface area contributed by atoms with Crippen LogP contribution >= 0.6 is 0 Å². The Labute approximate surface area is 131 Å². The summed E-state index contributed by atoms with van der Waals surface area (Å²) in [7, 11) is 0. The van der Waals surface area contributed by atoms with E-state index in [1.54, 1.807) is 26.0 Å². The van der Waals surface area contributed by atoms with Crippen molar-refractivity contribution in [2.24, 2.45) is 11.8 Å². The van der Waals surface area contributed by atoms with Crippen molar-refractivity contribution in [1.29, 1.82) is 0 Å². The zero-order valence-electron chi connectivity index (χ0n) is 13.4. The van der Waals surface area contributed by atoms with Gasteiger partial charge in [0, 0.05) is 24.7 Å². The zero-order valence-corrected chi connectivity index (χ0v) is 13.4. The van der Waals surface area contributed by atoms with Gasteiger partial charge in [0.25, 0.3) is 0 Å². The second kappa shape index (κ2) is 6.81. The van der Waals surface area contributed by atoms with Crippen LogP contribution in [-0.2, 0) is 4.79 Å². The lowest BCUT2D eigenvalue weighted by Crippen LogP contribution is -2.32. The van der Waals surface area contributed by atoms with E-state index in [9.17, 15) is 14.7 Å². The van der Waals surface area contributed by atoms with Crippen LogP contribution in [0.4, 0.5) is 11.4 Å². The summed E-state index contributed by atoms with van der Waals surface area (Å²) in [6, 6.07) is 5.24. The van der Waals surface area contributed by atoms with Crippen LogP contribution < -0.4 is 10.2 Å². The molecule has 0 aliphatic carbocycles. The lowest BCUT2D eigenvalue weighted by molar-refractivity contribution is -0.118. The largest absolute Gasteiger partial charge is 0.478 e. The third-order valence-electron chi connectivity index (χ3n) is 4.16. The molecule has 1 aromatic carbocycles. The first-order valence-corrected chi connectivity index (χ1v) is 7.81. The molecule has 0 saturated carbocycles. The molecule has 2 rings (SSSR count). The number of aromatic carboxylic acids is 1. The van der Waals surface area contributed by atoms with Gasteiger partial charge in [-0.2, -0.15) is 0 Å². The molecular formula is C17H24N2O3. The van der Waals surface area contributed by atoms with E-state index in [4.69, 9.17) is 0 Å². The maximum atomic E-state index is 11.8. The minimum absolute atomic E-state index is 0.144. The van der Waals surface area contributed by atoms with E-state index in [0.29, 0.717) is 5.69 Å². The fourth-order valence-electron chi connectivity index (χ4n) is 2.56. The van der Waals surface area contributed by atoms with Crippen molar-refractivity contribution >= 4 is 23.3 Å². The summed E-state index contributed by atoms with van der Waals surface area (Å²) >= 11 is 0. The molecule has 0 unspecified atom stereocenters. The number of carboxylic acid groups (broad SMARTS) is 1. The maximum Gasteiger partial charge on any atom is 0.337 e. The molecule has 120 valence electrons. The highest BCUT2D eigenvalue weighted by Crippen LogP contribution is 2.27. The Morgan fingerprint density at radius 3 is 2.45 bits per heavy atom. The van der Waals surface area contributed by atoms with E-state index in [1.807, 2.05) is 6.07 Å². The summed E-state index contributed by atoms with van der Waals surface area (Å²) in [6.07, 6.45) is 2.24. The van der Waals surface area contributed by atoms with Crippen LogP contribution in [-0.4, -0.2) is 30.1 Å². The number of nitrogens with zero attached hydrogens (tertiary/aromatic N) is 1. The van der Waals surface area contributed by atoms with Gasteiger partial charge >= 0.3 is 5.97 Å². The number of hydrogen-bond acceptors (Lipinski definition) is 3. The highest BCUT2D eigenvalue weighted by atomic mass is 16.4. The molecule has 1 fully saturated rings. The van der Waals surface area contributed by atoms with E-state index >= 15 is 0 Å². The van der Waals surface area contributed by atoms with Crippen molar-refractivity contribution in [2.45, 2.75) is 33.6 Å². The van der Waals surface area contributed by atoms with Crippen molar-refractivity contribution in [2.75, 3.05) is 23.3 Å². The Hall–Kier alpha value is -2.04. The predicted octanol–water partition coefficient (Wildman–Crippen LogP) is 3.22. The fraction of sp³-hybridized carbons (Fsp3) is 0.529. The molecule has 1 heterocycles. The molecule has 0 bridgehead atoms. The Balaban J connectivity index is 2.23. The summed E-state index contributed by atoms with van der Waals surface area (Å²) < 4.78 is 0. The van der Waals surface area contributed by atoms with Gasteiger partial charge in [-0.05, 0) is 37.0 Å². The second-order valence-corrected chi connectivity index (χ2v) is 6.35. The standard InChI is InChI=1S/C17H24N2O3/c1-11(2)16(20)18-15-5-4-13(10-14(15)17(21)22)19-8-6-12(3)7-9-19/h4-5,10-12H,6-9H2,1-3H3,(H,18,20)(H,21,22). The normalized spacial score (nSPS) is 15.9. The topological polar surface area (TPSA) is 69.6 Å². The van der Waals surface area contributed by atoms with E-state index < -0.39 is 5.97 Å². The molecule has 1 aromatic rings. The molecule has 1 aliphatic rings. The van der Waals surface area contributed by atoms with Crippen molar-refractivity contribution in [3.8, 4) is 0 Å². The number of amides is 1. The first kappa shape index (κ1) is 16.3. The summed E-state index contributed by atoms with van der Waals surface area (Å²) in [5.41, 5.74) is 1.41. The first-order chi connectivity index (χ1) is 10.4. The smallest absolute Gasteiger partial charge is 0.337 e. The molecule has 22 heavy (non-hydrogen) atoms. The molecule has 1 saturated heterocycles. The van der Waals surface area contributed by atoms with Crippen molar-refractivity contribution in [1.82, 2.24) is 0 Å². The SMILES string of the molecule is CC1CCN(c2ccc(NC(=O)C(C)C)c(C(=O)O)c2)CC1. The fourth-order valence-corrected chi connectivity index (χ4v) is 2.56. The van der Waals surface area contributed by atoms with E-state index in [1.165, 1.54) is 0 Å². The number of hydrogen-bond donors (Lipinski definition) is 2. The molecule has 1 amide bonds. The van der Waals surface area contributed by atoms with Gasteiger partial charge in [-0.15, -0.1) is 0 Å². The van der Waals surface area contributed by atoms with Gasteiger partial charge in [-0.3, -0.25) is 4.79 Å². The van der Waals surface area contributed by atoms with Crippen LogP contribution in [0.25, 0.3) is 0 Å². The van der Waals surface area contributed by atoms with Crippen LogP contribution in [0.5, 0.6) is 0 Å². The Morgan fingerprint density at radius 1 is 1.27 bits per heavy atom. The molecule has 5 heteroatoms. The lowest BCUT2D eigenvalue weighted by Gasteiger charge is -2.32. The number of carbonyl (C=O) groups is 2. The maximum absolute atomic E-state index is 11.8. The minimum Gasteiger partial charge on any atom is -0.478 e. The van der Waals surface area contributed by atoms with Gasteiger partial charge in [0.05, 0.1) is 11.3 Å². The molecule has 2 N–H and O–H groups in total. The van der Waals surface area contributed by atoms with Gasteiger partial charge in [0.1, 0.15) is 0 Å². The van der Waals surface area contributed by atoms with E-state index in [2.05, 4.69) is 17.1 Å². The average Bonchev–Trinajstić information content (AvgIpc) is 2.48. The Kier molecular flexibility index (Phi) is 5.06. The number of benzene rings is 1. The van der Waals surface area contributed by atoms with Gasteiger partial charge in [-0.1, -0.05) is 20.8 Å². The van der Waals surface area contributed by atoms with Crippen molar-refractivity contribution in [3.05, 3.63) is 23.8 Å². The third kappa shape index (κ3) is 3.78. The highest BCUT2D eigenvalue weighted by Gasteiger charge is 2.20. The van der Waals surface area contributed by atoms with Gasteiger partial charge in [0.15, 0.2) is 0 Å². The number of anilines is 2. The molecule has 0 atom stereocenters. The number of carboxylic acids is 1. The van der Waals surface area contributed by atoms with Crippen LogP contribution in [0.2, 0.25) is 0 Å². The number of rotatable bonds is 4. The molecule has 0 radical (unpaired) electrons. The lowest BCUT2D eigenvalue weighted by atomic mass is 9.98. The molecule has 0 aromatic heterocycles. The minimum atomic E-state index is -1.02. The second-order valence-electron chi connectivity index (χ2n) is 6.35. The van der Waals surface area contributed by atoms with Crippen molar-refractivity contribution < 1.29 is 14.7 Å². The third-order valence-corrected chi connectivity index (χ3v) is 4.16. The van der Waals surface area contributed by atoms with Gasteiger partial charge < -0.3 is 15.3 Å². The Morgan fingerprint density at radius 2 is 1.91 bits per heavy atom. The summed E-state index contributed by atoms with van der Waals surface area (Å²) in [5, 5.41) is 12.1. The first-order valence-electron chi connectivity index (χ1n) is 7.81. The van der Waals surface area contributed by atoms with Crippen LogP contribution in [0, 0.1) is 11.8 Å². The van der Waals surface area contributed by atoms with E-state index in [0.717, 1.165) is 37.5 Å². The summed E-state index contributed by atoms with van der Waals surface area (Å²) in [5.74, 6) is -0.668. The van der Waals surface area contributed by atoms with Crippen LogP contribution in [0.1, 0.15) is 44.0 Å². The van der Waals surface area contributed by atoms with Crippen LogP contribution in [0.3, 0.4) is 0 Å². The van der Waals surface area contributed by atoms with Gasteiger partial charge in [0.2, 0.25) is 5.91 Å². The quantitative estimate of drug-likeness (QED) is 0.896. The van der Waals surface area contributed by atoms with Gasteiger partial charge in [-0.25, -0.2) is 4.79 Å². The summed E-state index contributed by atoms with van der Waals surface area (Å²) in [4.78, 5) is 25.5. The molecule has 0 spiro atoms. The highest BCUT2D eigenvalue weighted by molar-refractivity contribution is 6.01. The summed E-state index contributed by atoms with van der Waals surface area (Å²) in [6.45, 7) is 7.68. The zero-order chi connectivity index (χ0) is 16.3. The number of nitrogens with one attached hydrogen (secondary N) is 1. The van der Waals surface area contributed by atoms with Crippen LogP contribution in [0.15, 0.2) is 18.2 Å². The molecule has 1 aliphatic heterocycles. The van der Waals surface area contributed by atoms with E-state index in [-0.39, 0.29) is 17.4 Å². The number of piperidine rings is 1. The Bertz CT molecular complexity index is 561. The molecule has 5 nitrogen and oxygen atoms in total. The monoisotopic (exact) mass is 304 g/mol. The number of carbonyl (C=O) groups excluding carboxylic acids is 1. The van der Waals surface area contributed by atoms with Crippen molar-refractivity contribution in [3.63, 3.8) is 0 Å². The molecular weight excluding hydrogens is 280 g/mol. The average molecular weight is 304 g/mol.